The summed E-state index contributed by atoms with van der Waals surface area (Å²) in [6.45, 7) is 6.55. The molecule has 0 saturated carbocycles. The second kappa shape index (κ2) is 14.9. The molecule has 0 saturated heterocycles. The van der Waals surface area contributed by atoms with Gasteiger partial charge in [-0.25, -0.2) is 0 Å². The van der Waals surface area contributed by atoms with E-state index >= 15 is 0 Å². The molecule has 0 N–H and O–H groups in total. The van der Waals surface area contributed by atoms with Crippen LogP contribution < -0.4 is 0 Å². The van der Waals surface area contributed by atoms with E-state index in [-0.39, 0.29) is 12.1 Å². The Hall–Kier alpha value is -0.530. The average Bonchev–Trinajstić information content (AvgIpc) is 2.45. The van der Waals surface area contributed by atoms with Crippen LogP contribution in [0.1, 0.15) is 104 Å². The summed E-state index contributed by atoms with van der Waals surface area (Å²) in [7, 11) is 0. The molecule has 0 bridgehead atoms. The van der Waals surface area contributed by atoms with E-state index in [0.717, 1.165) is 25.7 Å². The highest BCUT2D eigenvalue weighted by atomic mass is 16.5. The standard InChI is InChI=1S/C18H36O2/c1-4-7-10-11-12-13-15-17(14-8-5-2)20-18(19)16-9-6-3/h17H,4-16H2,1-3H3. The maximum absolute atomic E-state index is 11.7. The Bertz CT molecular complexity index is 213. The summed E-state index contributed by atoms with van der Waals surface area (Å²) in [5.41, 5.74) is 0. The van der Waals surface area contributed by atoms with Gasteiger partial charge in [0.2, 0.25) is 0 Å². The summed E-state index contributed by atoms with van der Waals surface area (Å²) in [4.78, 5) is 11.7. The summed E-state index contributed by atoms with van der Waals surface area (Å²) in [5.74, 6) is 0.0129. The Morgan fingerprint density at radius 1 is 0.750 bits per heavy atom. The number of hydrogen-bond donors (Lipinski definition) is 0. The second-order valence-electron chi connectivity index (χ2n) is 5.91. The van der Waals surface area contributed by atoms with Crippen LogP contribution in [0.25, 0.3) is 0 Å². The van der Waals surface area contributed by atoms with E-state index in [9.17, 15) is 4.79 Å². The van der Waals surface area contributed by atoms with Crippen molar-refractivity contribution >= 4 is 5.97 Å². The van der Waals surface area contributed by atoms with E-state index < -0.39 is 0 Å². The average molecular weight is 284 g/mol. The first-order valence-electron chi connectivity index (χ1n) is 8.94. The SMILES string of the molecule is CCCCCCCCC(CCCC)OC(=O)CCCC. The van der Waals surface area contributed by atoms with E-state index in [4.69, 9.17) is 4.74 Å². The molecule has 2 nitrogen and oxygen atoms in total. The van der Waals surface area contributed by atoms with E-state index in [1.165, 1.54) is 51.4 Å². The smallest absolute Gasteiger partial charge is 0.306 e. The number of unbranched alkanes of at least 4 members (excludes halogenated alkanes) is 7. The topological polar surface area (TPSA) is 26.3 Å². The molecule has 0 aromatic rings. The lowest BCUT2D eigenvalue weighted by atomic mass is 10.0. The minimum Gasteiger partial charge on any atom is -0.462 e. The third-order valence-electron chi connectivity index (χ3n) is 3.79. The molecule has 1 unspecified atom stereocenters. The van der Waals surface area contributed by atoms with Crippen molar-refractivity contribution in [2.45, 2.75) is 110 Å². The molecule has 0 radical (unpaired) electrons. The van der Waals surface area contributed by atoms with Gasteiger partial charge in [-0.3, -0.25) is 4.79 Å². The largest absolute Gasteiger partial charge is 0.462 e. The first-order valence-corrected chi connectivity index (χ1v) is 8.94. The fourth-order valence-electron chi connectivity index (χ4n) is 2.41. The number of hydrogen-bond acceptors (Lipinski definition) is 2. The Balaban J connectivity index is 3.80. The maximum Gasteiger partial charge on any atom is 0.306 e. The molecule has 0 aromatic carbocycles. The molecule has 2 heteroatoms. The molecule has 0 spiro atoms. The number of ether oxygens (including phenoxy) is 1. The molecule has 1 atom stereocenters. The van der Waals surface area contributed by atoms with Gasteiger partial charge in [-0.05, 0) is 25.7 Å². The first-order chi connectivity index (χ1) is 9.74. The third kappa shape index (κ3) is 12.5. The van der Waals surface area contributed by atoms with Crippen LogP contribution in [0, 0.1) is 0 Å². The van der Waals surface area contributed by atoms with Gasteiger partial charge in [0, 0.05) is 6.42 Å². The fraction of sp³-hybridized carbons (Fsp3) is 0.944. The van der Waals surface area contributed by atoms with Crippen LogP contribution in [-0.2, 0) is 9.53 Å². The summed E-state index contributed by atoms with van der Waals surface area (Å²) >= 11 is 0. The number of carbonyl (C=O) groups is 1. The van der Waals surface area contributed by atoms with Gasteiger partial charge in [0.15, 0.2) is 0 Å². The fourth-order valence-corrected chi connectivity index (χ4v) is 2.41. The minimum absolute atomic E-state index is 0.0129. The van der Waals surface area contributed by atoms with Gasteiger partial charge >= 0.3 is 5.97 Å². The van der Waals surface area contributed by atoms with Gasteiger partial charge in [-0.15, -0.1) is 0 Å². The Morgan fingerprint density at radius 2 is 1.30 bits per heavy atom. The molecule has 0 aliphatic carbocycles. The van der Waals surface area contributed by atoms with E-state index in [0.29, 0.717) is 6.42 Å². The van der Waals surface area contributed by atoms with Crippen LogP contribution in [0.15, 0.2) is 0 Å². The number of rotatable bonds is 14. The van der Waals surface area contributed by atoms with Gasteiger partial charge in [0.25, 0.3) is 0 Å². The molecular weight excluding hydrogens is 248 g/mol. The maximum atomic E-state index is 11.7. The van der Waals surface area contributed by atoms with Crippen molar-refractivity contribution in [1.29, 1.82) is 0 Å². The second-order valence-corrected chi connectivity index (χ2v) is 5.91. The van der Waals surface area contributed by atoms with E-state index in [2.05, 4.69) is 20.8 Å². The minimum atomic E-state index is 0.0129. The van der Waals surface area contributed by atoms with Crippen LogP contribution in [0.4, 0.5) is 0 Å². The highest BCUT2D eigenvalue weighted by Gasteiger charge is 2.13. The summed E-state index contributed by atoms with van der Waals surface area (Å²) in [5, 5.41) is 0. The molecule has 0 amide bonds. The number of carbonyl (C=O) groups excluding carboxylic acids is 1. The highest BCUT2D eigenvalue weighted by molar-refractivity contribution is 5.69. The van der Waals surface area contributed by atoms with Crippen molar-refractivity contribution < 1.29 is 9.53 Å². The Labute approximate surface area is 126 Å². The van der Waals surface area contributed by atoms with Crippen molar-refractivity contribution in [3.8, 4) is 0 Å². The third-order valence-corrected chi connectivity index (χ3v) is 3.79. The molecule has 120 valence electrons. The van der Waals surface area contributed by atoms with Crippen LogP contribution in [-0.4, -0.2) is 12.1 Å². The molecule has 20 heavy (non-hydrogen) atoms. The molecule has 0 aromatic heterocycles. The number of esters is 1. The lowest BCUT2D eigenvalue weighted by molar-refractivity contribution is -0.150. The molecule has 0 rings (SSSR count). The summed E-state index contributed by atoms with van der Waals surface area (Å²) in [6, 6.07) is 0. The first kappa shape index (κ1) is 19.5. The zero-order chi connectivity index (χ0) is 15.1. The predicted molar refractivity (Wildman–Crippen MR) is 86.9 cm³/mol. The summed E-state index contributed by atoms with van der Waals surface area (Å²) < 4.78 is 5.64. The van der Waals surface area contributed by atoms with Gasteiger partial charge < -0.3 is 4.74 Å². The van der Waals surface area contributed by atoms with Crippen molar-refractivity contribution in [2.75, 3.05) is 0 Å². The van der Waals surface area contributed by atoms with Crippen LogP contribution in [0.5, 0.6) is 0 Å². The molecule has 0 heterocycles. The molecule has 0 aliphatic rings. The van der Waals surface area contributed by atoms with Crippen LogP contribution in [0.3, 0.4) is 0 Å². The molecule has 0 aliphatic heterocycles. The van der Waals surface area contributed by atoms with Gasteiger partial charge in [0.1, 0.15) is 6.10 Å². The van der Waals surface area contributed by atoms with Crippen molar-refractivity contribution in [3.63, 3.8) is 0 Å². The lowest BCUT2D eigenvalue weighted by Gasteiger charge is -2.17. The Morgan fingerprint density at radius 3 is 1.95 bits per heavy atom. The monoisotopic (exact) mass is 284 g/mol. The van der Waals surface area contributed by atoms with Gasteiger partial charge in [-0.1, -0.05) is 72.1 Å². The Kier molecular flexibility index (Phi) is 14.5. The predicted octanol–water partition coefficient (Wildman–Crippen LogP) is 6.03. The zero-order valence-electron chi connectivity index (χ0n) is 14.1. The van der Waals surface area contributed by atoms with E-state index in [1.807, 2.05) is 0 Å². The quantitative estimate of drug-likeness (QED) is 0.287. The van der Waals surface area contributed by atoms with Crippen LogP contribution >= 0.6 is 0 Å². The summed E-state index contributed by atoms with van der Waals surface area (Å²) in [6.07, 6.45) is 15.1. The lowest BCUT2D eigenvalue weighted by Crippen LogP contribution is -2.18. The van der Waals surface area contributed by atoms with Gasteiger partial charge in [-0.2, -0.15) is 0 Å². The van der Waals surface area contributed by atoms with Gasteiger partial charge in [0.05, 0.1) is 0 Å². The normalized spacial score (nSPS) is 12.3. The van der Waals surface area contributed by atoms with Crippen molar-refractivity contribution in [3.05, 3.63) is 0 Å². The highest BCUT2D eigenvalue weighted by Crippen LogP contribution is 2.16. The van der Waals surface area contributed by atoms with Crippen LogP contribution in [0.2, 0.25) is 0 Å². The zero-order valence-corrected chi connectivity index (χ0v) is 14.1. The molecular formula is C18H36O2. The molecule has 0 fully saturated rings. The van der Waals surface area contributed by atoms with Crippen molar-refractivity contribution in [2.24, 2.45) is 0 Å². The van der Waals surface area contributed by atoms with Crippen molar-refractivity contribution in [1.82, 2.24) is 0 Å². The van der Waals surface area contributed by atoms with E-state index in [1.54, 1.807) is 0 Å².